The molecule has 6 heteroatoms. The number of anilines is 1. The van der Waals surface area contributed by atoms with E-state index in [1.165, 1.54) is 0 Å². The number of nitrogens with one attached hydrogen (secondary N) is 1. The van der Waals surface area contributed by atoms with Gasteiger partial charge in [0.05, 0.1) is 10.9 Å². The number of hydrogen-bond acceptors (Lipinski definition) is 4. The highest BCUT2D eigenvalue weighted by atomic mass is 32.2. The standard InChI is InChI=1S/C12H15N3O2S/c13-11(15-17)8-4-1-2-5-9(8)14-12(16)10-6-3-7-18-10/h1-2,4-5,10,17H,3,6-7H2,(H2,13,15)(H,14,16). The van der Waals surface area contributed by atoms with Crippen molar-refractivity contribution in [1.82, 2.24) is 0 Å². The molecule has 1 heterocycles. The van der Waals surface area contributed by atoms with Crippen LogP contribution >= 0.6 is 11.8 Å². The first-order valence-electron chi connectivity index (χ1n) is 5.72. The second-order valence-electron chi connectivity index (χ2n) is 4.02. The minimum absolute atomic E-state index is 0.00495. The van der Waals surface area contributed by atoms with Crippen molar-refractivity contribution in [2.45, 2.75) is 18.1 Å². The molecule has 0 spiro atoms. The van der Waals surface area contributed by atoms with Crippen LogP contribution < -0.4 is 11.1 Å². The third-order valence-electron chi connectivity index (χ3n) is 2.79. The van der Waals surface area contributed by atoms with Crippen LogP contribution in [0.1, 0.15) is 18.4 Å². The summed E-state index contributed by atoms with van der Waals surface area (Å²) in [5, 5.41) is 14.5. The molecule has 18 heavy (non-hydrogen) atoms. The fourth-order valence-electron chi connectivity index (χ4n) is 1.87. The normalized spacial score (nSPS) is 19.8. The Hall–Kier alpha value is -1.69. The van der Waals surface area contributed by atoms with E-state index in [4.69, 9.17) is 10.9 Å². The average Bonchev–Trinajstić information content (AvgIpc) is 2.92. The van der Waals surface area contributed by atoms with Crippen LogP contribution in [0.15, 0.2) is 29.4 Å². The number of hydrogen-bond donors (Lipinski definition) is 3. The monoisotopic (exact) mass is 265 g/mol. The van der Waals surface area contributed by atoms with Gasteiger partial charge in [-0.3, -0.25) is 4.79 Å². The van der Waals surface area contributed by atoms with Gasteiger partial charge in [0, 0.05) is 5.56 Å². The van der Waals surface area contributed by atoms with E-state index in [9.17, 15) is 4.79 Å². The summed E-state index contributed by atoms with van der Waals surface area (Å²) in [4.78, 5) is 12.0. The summed E-state index contributed by atoms with van der Waals surface area (Å²) in [7, 11) is 0. The predicted molar refractivity (Wildman–Crippen MR) is 73.1 cm³/mol. The van der Waals surface area contributed by atoms with Gasteiger partial charge >= 0.3 is 0 Å². The lowest BCUT2D eigenvalue weighted by Gasteiger charge is -2.12. The molecule has 0 radical (unpaired) electrons. The van der Waals surface area contributed by atoms with Crippen molar-refractivity contribution in [2.24, 2.45) is 10.9 Å². The molecular weight excluding hydrogens is 250 g/mol. The van der Waals surface area contributed by atoms with Crippen LogP contribution in [0.4, 0.5) is 5.69 Å². The Morgan fingerprint density at radius 1 is 1.50 bits per heavy atom. The van der Waals surface area contributed by atoms with Gasteiger partial charge in [0.1, 0.15) is 0 Å². The second kappa shape index (κ2) is 5.77. The number of rotatable bonds is 3. The second-order valence-corrected chi connectivity index (χ2v) is 5.33. The highest BCUT2D eigenvalue weighted by Crippen LogP contribution is 2.27. The SMILES string of the molecule is N/C(=N\O)c1ccccc1NC(=O)C1CCCS1. The van der Waals surface area contributed by atoms with Gasteiger partial charge in [0.15, 0.2) is 5.84 Å². The Balaban J connectivity index is 2.15. The fraction of sp³-hybridized carbons (Fsp3) is 0.333. The van der Waals surface area contributed by atoms with E-state index < -0.39 is 0 Å². The van der Waals surface area contributed by atoms with Gasteiger partial charge < -0.3 is 16.3 Å². The molecule has 1 unspecified atom stereocenters. The lowest BCUT2D eigenvalue weighted by atomic mass is 10.1. The summed E-state index contributed by atoms with van der Waals surface area (Å²) >= 11 is 1.67. The number of nitrogens with zero attached hydrogens (tertiary/aromatic N) is 1. The molecular formula is C12H15N3O2S. The molecule has 1 aliphatic rings. The van der Waals surface area contributed by atoms with Gasteiger partial charge in [0.25, 0.3) is 0 Å². The van der Waals surface area contributed by atoms with Gasteiger partial charge in [-0.05, 0) is 30.7 Å². The minimum Gasteiger partial charge on any atom is -0.409 e. The molecule has 96 valence electrons. The molecule has 4 N–H and O–H groups in total. The maximum absolute atomic E-state index is 12.0. The number of amides is 1. The van der Waals surface area contributed by atoms with Crippen LogP contribution in [0.2, 0.25) is 0 Å². The first-order chi connectivity index (χ1) is 8.72. The van der Waals surface area contributed by atoms with Crippen molar-refractivity contribution < 1.29 is 10.0 Å². The first-order valence-corrected chi connectivity index (χ1v) is 6.76. The number of thioether (sulfide) groups is 1. The molecule has 0 bridgehead atoms. The van der Waals surface area contributed by atoms with Crippen LogP contribution in [-0.4, -0.2) is 28.0 Å². The Kier molecular flexibility index (Phi) is 4.09. The zero-order chi connectivity index (χ0) is 13.0. The highest BCUT2D eigenvalue weighted by Gasteiger charge is 2.24. The summed E-state index contributed by atoms with van der Waals surface area (Å²) < 4.78 is 0. The Bertz CT molecular complexity index is 470. The van der Waals surface area contributed by atoms with Crippen LogP contribution in [0.3, 0.4) is 0 Å². The van der Waals surface area contributed by atoms with Gasteiger partial charge in [-0.2, -0.15) is 0 Å². The van der Waals surface area contributed by atoms with Gasteiger partial charge in [0.2, 0.25) is 5.91 Å². The van der Waals surface area contributed by atoms with Crippen LogP contribution in [0, 0.1) is 0 Å². The third-order valence-corrected chi connectivity index (χ3v) is 4.17. The Morgan fingerprint density at radius 2 is 2.28 bits per heavy atom. The van der Waals surface area contributed by atoms with E-state index in [-0.39, 0.29) is 17.0 Å². The number of nitrogens with two attached hydrogens (primary N) is 1. The zero-order valence-corrected chi connectivity index (χ0v) is 10.6. The molecule has 2 rings (SSSR count). The van der Waals surface area contributed by atoms with Crippen LogP contribution in [-0.2, 0) is 4.79 Å². The van der Waals surface area contributed by atoms with Crippen molar-refractivity contribution in [3.8, 4) is 0 Å². The summed E-state index contributed by atoms with van der Waals surface area (Å²) in [5.41, 5.74) is 6.67. The Morgan fingerprint density at radius 3 is 2.94 bits per heavy atom. The molecule has 1 aromatic rings. The number of amidine groups is 1. The van der Waals surface area contributed by atoms with Crippen LogP contribution in [0.5, 0.6) is 0 Å². The number of carbonyl (C=O) groups excluding carboxylic acids is 1. The van der Waals surface area contributed by atoms with Crippen molar-refractivity contribution >= 4 is 29.2 Å². The van der Waals surface area contributed by atoms with Crippen LogP contribution in [0.25, 0.3) is 0 Å². The lowest BCUT2D eigenvalue weighted by molar-refractivity contribution is -0.115. The first kappa shape index (κ1) is 12.8. The lowest BCUT2D eigenvalue weighted by Crippen LogP contribution is -2.25. The highest BCUT2D eigenvalue weighted by molar-refractivity contribution is 8.00. The van der Waals surface area contributed by atoms with Gasteiger partial charge in [-0.25, -0.2) is 0 Å². The molecule has 0 saturated carbocycles. The van der Waals surface area contributed by atoms with E-state index in [0.29, 0.717) is 11.3 Å². The predicted octanol–water partition coefficient (Wildman–Crippen LogP) is 1.62. The summed E-state index contributed by atoms with van der Waals surface area (Å²) in [6.07, 6.45) is 1.98. The number of para-hydroxylation sites is 1. The molecule has 0 aromatic heterocycles. The van der Waals surface area contributed by atoms with E-state index in [2.05, 4.69) is 10.5 Å². The number of carbonyl (C=O) groups is 1. The number of benzene rings is 1. The molecule has 5 nitrogen and oxygen atoms in total. The van der Waals surface area contributed by atoms with Crippen molar-refractivity contribution in [1.29, 1.82) is 0 Å². The van der Waals surface area contributed by atoms with E-state index in [1.807, 2.05) is 0 Å². The van der Waals surface area contributed by atoms with Gasteiger partial charge in [-0.15, -0.1) is 11.8 Å². The maximum atomic E-state index is 12.0. The minimum atomic E-state index is -0.0179. The third kappa shape index (κ3) is 2.76. The summed E-state index contributed by atoms with van der Waals surface area (Å²) in [6.45, 7) is 0. The number of oxime groups is 1. The molecule has 1 atom stereocenters. The molecule has 1 amide bonds. The Labute approximate surface area is 109 Å². The molecule has 1 fully saturated rings. The molecule has 0 aliphatic carbocycles. The summed E-state index contributed by atoms with van der Waals surface area (Å²) in [6, 6.07) is 7.01. The van der Waals surface area contributed by atoms with Gasteiger partial charge in [-0.1, -0.05) is 17.3 Å². The molecule has 1 saturated heterocycles. The quantitative estimate of drug-likeness (QED) is 0.335. The van der Waals surface area contributed by atoms with Crippen molar-refractivity contribution in [3.63, 3.8) is 0 Å². The van der Waals surface area contributed by atoms with E-state index in [1.54, 1.807) is 36.0 Å². The summed E-state index contributed by atoms with van der Waals surface area (Å²) in [5.74, 6) is 1.00. The fourth-order valence-corrected chi connectivity index (χ4v) is 3.03. The van der Waals surface area contributed by atoms with E-state index >= 15 is 0 Å². The molecule has 1 aliphatic heterocycles. The zero-order valence-electron chi connectivity index (χ0n) is 9.80. The van der Waals surface area contributed by atoms with Crippen molar-refractivity contribution in [3.05, 3.63) is 29.8 Å². The largest absolute Gasteiger partial charge is 0.409 e. The average molecular weight is 265 g/mol. The van der Waals surface area contributed by atoms with E-state index in [0.717, 1.165) is 18.6 Å². The smallest absolute Gasteiger partial charge is 0.237 e. The maximum Gasteiger partial charge on any atom is 0.237 e. The van der Waals surface area contributed by atoms with Crippen molar-refractivity contribution in [2.75, 3.05) is 11.1 Å². The topological polar surface area (TPSA) is 87.7 Å². The molecule has 1 aromatic carbocycles.